The van der Waals surface area contributed by atoms with Crippen LogP contribution in [-0.4, -0.2) is 54.4 Å². The molecule has 1 unspecified atom stereocenters. The van der Waals surface area contributed by atoms with Crippen LogP contribution < -0.4 is 0 Å². The molecule has 0 bridgehead atoms. The van der Waals surface area contributed by atoms with Gasteiger partial charge in [0, 0.05) is 32.8 Å². The Morgan fingerprint density at radius 2 is 1.97 bits per heavy atom. The summed E-state index contributed by atoms with van der Waals surface area (Å²) in [6.07, 6.45) is 7.69. The third kappa shape index (κ3) is 5.50. The van der Waals surface area contributed by atoms with Gasteiger partial charge in [0.15, 0.2) is 0 Å². The van der Waals surface area contributed by atoms with Crippen LogP contribution in [-0.2, 0) is 34.1 Å². The fourth-order valence-corrected chi connectivity index (χ4v) is 5.21. The topological polar surface area (TPSA) is 64.4 Å². The van der Waals surface area contributed by atoms with Crippen molar-refractivity contribution in [2.45, 2.75) is 63.4 Å². The third-order valence-corrected chi connectivity index (χ3v) is 7.75. The van der Waals surface area contributed by atoms with E-state index in [1.807, 2.05) is 22.8 Å². The van der Waals surface area contributed by atoms with Crippen LogP contribution in [0.3, 0.4) is 0 Å². The van der Waals surface area contributed by atoms with Gasteiger partial charge in [0.25, 0.3) is 0 Å². The molecule has 2 aliphatic rings. The van der Waals surface area contributed by atoms with Crippen molar-refractivity contribution >= 4 is 9.84 Å². The maximum atomic E-state index is 12.7. The number of sulfone groups is 1. The Morgan fingerprint density at radius 3 is 2.63 bits per heavy atom. The zero-order valence-corrected chi connectivity index (χ0v) is 18.7. The number of imidazole rings is 1. The van der Waals surface area contributed by atoms with Crippen LogP contribution in [0.5, 0.6) is 0 Å². The molecule has 4 rings (SSSR count). The first-order valence-corrected chi connectivity index (χ1v) is 12.9. The molecule has 0 radical (unpaired) electrons. The average molecular weight is 432 g/mol. The predicted molar refractivity (Wildman–Crippen MR) is 117 cm³/mol. The number of rotatable bonds is 11. The molecule has 0 N–H and O–H groups in total. The number of aromatic nitrogens is 2. The third-order valence-electron chi connectivity index (χ3n) is 6.11. The Kier molecular flexibility index (Phi) is 6.91. The van der Waals surface area contributed by atoms with Crippen molar-refractivity contribution in [2.24, 2.45) is 5.92 Å². The smallest absolute Gasteiger partial charge is 0.227 e. The predicted octanol–water partition coefficient (Wildman–Crippen LogP) is 3.31. The number of ether oxygens (including phenoxy) is 1. The van der Waals surface area contributed by atoms with Gasteiger partial charge in [-0.1, -0.05) is 37.3 Å². The van der Waals surface area contributed by atoms with Crippen molar-refractivity contribution in [3.05, 3.63) is 47.8 Å². The Balaban J connectivity index is 1.55. The van der Waals surface area contributed by atoms with Crippen molar-refractivity contribution in [2.75, 3.05) is 25.4 Å². The van der Waals surface area contributed by atoms with E-state index in [1.165, 1.54) is 18.4 Å². The Labute approximate surface area is 180 Å². The van der Waals surface area contributed by atoms with Crippen molar-refractivity contribution in [1.29, 1.82) is 0 Å². The van der Waals surface area contributed by atoms with Gasteiger partial charge in [-0.05, 0) is 43.6 Å². The van der Waals surface area contributed by atoms with E-state index in [0.29, 0.717) is 12.6 Å². The molecule has 6 nitrogen and oxygen atoms in total. The highest BCUT2D eigenvalue weighted by molar-refractivity contribution is 7.91. The molecule has 164 valence electrons. The second kappa shape index (κ2) is 9.62. The van der Waals surface area contributed by atoms with E-state index in [2.05, 4.69) is 22.0 Å². The summed E-state index contributed by atoms with van der Waals surface area (Å²) in [5, 5.41) is 0.208. The van der Waals surface area contributed by atoms with E-state index in [0.717, 1.165) is 57.1 Å². The highest BCUT2D eigenvalue weighted by atomic mass is 32.2. The van der Waals surface area contributed by atoms with Gasteiger partial charge >= 0.3 is 0 Å². The van der Waals surface area contributed by atoms with E-state index >= 15 is 0 Å². The maximum absolute atomic E-state index is 12.7. The quantitative estimate of drug-likeness (QED) is 0.546. The van der Waals surface area contributed by atoms with Gasteiger partial charge in [0.2, 0.25) is 15.0 Å². The normalized spacial score (nSPS) is 19.6. The highest BCUT2D eigenvalue weighted by Gasteiger charge is 2.29. The zero-order valence-electron chi connectivity index (χ0n) is 17.9. The molecule has 2 aromatic rings. The zero-order chi connectivity index (χ0) is 21.0. The van der Waals surface area contributed by atoms with E-state index in [4.69, 9.17) is 4.74 Å². The first-order chi connectivity index (χ1) is 14.5. The molecule has 1 aromatic heterocycles. The van der Waals surface area contributed by atoms with Crippen LogP contribution in [0.4, 0.5) is 0 Å². The SMILES string of the molecule is CCS(=O)(=O)c1ncc(CN(CC2CC2)CC2CCCO2)n1CCc1ccccc1. The Bertz CT molecular complexity index is 916. The number of nitrogens with zero attached hydrogens (tertiary/aromatic N) is 3. The molecule has 0 amide bonds. The molecule has 2 fully saturated rings. The second-order valence-electron chi connectivity index (χ2n) is 8.60. The van der Waals surface area contributed by atoms with Crippen LogP contribution in [0.2, 0.25) is 0 Å². The van der Waals surface area contributed by atoms with Crippen molar-refractivity contribution in [1.82, 2.24) is 14.5 Å². The summed E-state index contributed by atoms with van der Waals surface area (Å²) < 4.78 is 33.2. The first kappa shape index (κ1) is 21.5. The number of aryl methyl sites for hydroxylation is 1. The lowest BCUT2D eigenvalue weighted by Gasteiger charge is -2.26. The minimum absolute atomic E-state index is 0.0660. The highest BCUT2D eigenvalue weighted by Crippen LogP contribution is 2.31. The summed E-state index contributed by atoms with van der Waals surface area (Å²) in [5.74, 6) is 0.835. The Morgan fingerprint density at radius 1 is 1.17 bits per heavy atom. The maximum Gasteiger partial charge on any atom is 0.227 e. The average Bonchev–Trinajstić information content (AvgIpc) is 3.23. The standard InChI is InChI=1S/C23H33N3O3S/c1-2-30(27,28)23-24-15-21(26(23)13-12-19-7-4-3-5-8-19)17-25(16-20-10-11-20)18-22-9-6-14-29-22/h3-5,7-8,15,20,22H,2,6,9-14,16-18H2,1H3. The molecule has 1 atom stereocenters. The number of benzene rings is 1. The summed E-state index contributed by atoms with van der Waals surface area (Å²) in [6.45, 7) is 5.84. The number of hydrogen-bond acceptors (Lipinski definition) is 5. The summed E-state index contributed by atoms with van der Waals surface area (Å²) in [4.78, 5) is 6.82. The molecule has 2 heterocycles. The van der Waals surface area contributed by atoms with Gasteiger partial charge in [0.05, 0.1) is 23.7 Å². The second-order valence-corrected chi connectivity index (χ2v) is 10.8. The summed E-state index contributed by atoms with van der Waals surface area (Å²) in [5.41, 5.74) is 2.18. The van der Waals surface area contributed by atoms with Crippen LogP contribution in [0.1, 0.15) is 43.9 Å². The fourth-order valence-electron chi connectivity index (χ4n) is 4.19. The summed E-state index contributed by atoms with van der Waals surface area (Å²) in [7, 11) is -3.37. The monoisotopic (exact) mass is 431 g/mol. The van der Waals surface area contributed by atoms with Crippen molar-refractivity contribution < 1.29 is 13.2 Å². The van der Waals surface area contributed by atoms with E-state index < -0.39 is 9.84 Å². The lowest BCUT2D eigenvalue weighted by atomic mass is 10.1. The first-order valence-electron chi connectivity index (χ1n) is 11.2. The van der Waals surface area contributed by atoms with Crippen LogP contribution in [0, 0.1) is 5.92 Å². The van der Waals surface area contributed by atoms with Crippen molar-refractivity contribution in [3.8, 4) is 0 Å². The number of hydrogen-bond donors (Lipinski definition) is 0. The molecular formula is C23H33N3O3S. The van der Waals surface area contributed by atoms with E-state index in [9.17, 15) is 8.42 Å². The molecule has 1 saturated carbocycles. The molecule has 1 aliphatic carbocycles. The summed E-state index contributed by atoms with van der Waals surface area (Å²) in [6, 6.07) is 10.2. The molecule has 7 heteroatoms. The van der Waals surface area contributed by atoms with Crippen molar-refractivity contribution in [3.63, 3.8) is 0 Å². The van der Waals surface area contributed by atoms with E-state index in [1.54, 1.807) is 13.1 Å². The van der Waals surface area contributed by atoms with Gasteiger partial charge in [-0.3, -0.25) is 4.90 Å². The Hall–Kier alpha value is -1.70. The van der Waals surface area contributed by atoms with E-state index in [-0.39, 0.29) is 10.9 Å². The molecule has 1 aromatic carbocycles. The van der Waals surface area contributed by atoms with Crippen LogP contribution in [0.25, 0.3) is 0 Å². The summed E-state index contributed by atoms with van der Waals surface area (Å²) >= 11 is 0. The van der Waals surface area contributed by atoms with Crippen LogP contribution in [0.15, 0.2) is 41.7 Å². The van der Waals surface area contributed by atoms with Crippen LogP contribution >= 0.6 is 0 Å². The lowest BCUT2D eigenvalue weighted by molar-refractivity contribution is 0.0680. The minimum Gasteiger partial charge on any atom is -0.377 e. The molecule has 0 spiro atoms. The van der Waals surface area contributed by atoms with Gasteiger partial charge in [-0.15, -0.1) is 0 Å². The molecule has 1 aliphatic heterocycles. The fraction of sp³-hybridized carbons (Fsp3) is 0.609. The van der Waals surface area contributed by atoms with Gasteiger partial charge in [-0.25, -0.2) is 13.4 Å². The van der Waals surface area contributed by atoms with Gasteiger partial charge in [-0.2, -0.15) is 0 Å². The van der Waals surface area contributed by atoms with Gasteiger partial charge in [0.1, 0.15) is 0 Å². The van der Waals surface area contributed by atoms with Gasteiger partial charge < -0.3 is 9.30 Å². The largest absolute Gasteiger partial charge is 0.377 e. The molecular weight excluding hydrogens is 398 g/mol. The lowest BCUT2D eigenvalue weighted by Crippen LogP contribution is -2.34. The minimum atomic E-state index is -3.37. The molecule has 30 heavy (non-hydrogen) atoms. The molecule has 1 saturated heterocycles.